The first kappa shape index (κ1) is 51.6. The molecule has 8 N–H and O–H groups in total. The molecule has 1 heterocycles. The highest BCUT2D eigenvalue weighted by atomic mass is 16.7. The zero-order valence-electron chi connectivity index (χ0n) is 34.7. The zero-order valence-corrected chi connectivity index (χ0v) is 34.7. The average Bonchev–Trinajstić information content (AvgIpc) is 3.18. The Hall–Kier alpha value is -1.41. The number of amides is 1. The highest BCUT2D eigenvalue weighted by Gasteiger charge is 2.44. The van der Waals surface area contributed by atoms with Crippen molar-refractivity contribution in [2.45, 2.75) is 236 Å². The number of carbonyl (C=O) groups is 1. The van der Waals surface area contributed by atoms with Crippen LogP contribution in [0, 0.1) is 0 Å². The molecule has 0 radical (unpaired) electrons. The van der Waals surface area contributed by atoms with E-state index in [4.69, 9.17) is 9.47 Å². The summed E-state index contributed by atoms with van der Waals surface area (Å²) in [6.07, 6.45) is 25.2. The van der Waals surface area contributed by atoms with Crippen LogP contribution in [0.1, 0.15) is 181 Å². The molecule has 1 saturated heterocycles. The SMILES string of the molecule is CCCCCCCC/C=C\CCCCCCCCC(O)C(=O)NC(COC1OC(CO)C(O)C(O)C1O)C(O)C(O)CCC/C=C/CCCCCCCCC. The second-order valence-electron chi connectivity index (χ2n) is 15.8. The van der Waals surface area contributed by atoms with Crippen molar-refractivity contribution in [3.63, 3.8) is 0 Å². The number of hydrogen-bond donors (Lipinski definition) is 8. The van der Waals surface area contributed by atoms with E-state index in [9.17, 15) is 40.5 Å². The van der Waals surface area contributed by atoms with Gasteiger partial charge < -0.3 is 50.5 Å². The molecular weight excluding hydrogens is 702 g/mol. The number of hydrogen-bond acceptors (Lipinski definition) is 10. The molecule has 0 saturated carbocycles. The molecule has 11 nitrogen and oxygen atoms in total. The molecule has 0 aromatic heterocycles. The van der Waals surface area contributed by atoms with E-state index >= 15 is 0 Å². The molecule has 1 rings (SSSR count). The van der Waals surface area contributed by atoms with E-state index in [1.165, 1.54) is 83.5 Å². The summed E-state index contributed by atoms with van der Waals surface area (Å²) >= 11 is 0. The minimum absolute atomic E-state index is 0.247. The Balaban J connectivity index is 2.50. The van der Waals surface area contributed by atoms with Gasteiger partial charge in [0.25, 0.3) is 0 Å². The zero-order chi connectivity index (χ0) is 40.5. The number of nitrogens with one attached hydrogen (secondary N) is 1. The van der Waals surface area contributed by atoms with Gasteiger partial charge in [-0.3, -0.25) is 4.79 Å². The van der Waals surface area contributed by atoms with Gasteiger partial charge in [-0.25, -0.2) is 0 Å². The molecule has 9 unspecified atom stereocenters. The first-order valence-electron chi connectivity index (χ1n) is 22.2. The van der Waals surface area contributed by atoms with E-state index in [0.717, 1.165) is 57.8 Å². The summed E-state index contributed by atoms with van der Waals surface area (Å²) in [6.45, 7) is 3.39. The summed E-state index contributed by atoms with van der Waals surface area (Å²) < 4.78 is 11.0. The van der Waals surface area contributed by atoms with Gasteiger partial charge in [0.1, 0.15) is 36.6 Å². The van der Waals surface area contributed by atoms with Crippen LogP contribution in [0.3, 0.4) is 0 Å². The maximum Gasteiger partial charge on any atom is 0.249 e. The number of carbonyl (C=O) groups excluding carboxylic acids is 1. The van der Waals surface area contributed by atoms with Crippen molar-refractivity contribution >= 4 is 5.91 Å². The molecule has 0 bridgehead atoms. The quantitative estimate of drug-likeness (QED) is 0.0252. The Morgan fingerprint density at radius 1 is 0.618 bits per heavy atom. The van der Waals surface area contributed by atoms with Gasteiger partial charge in [0.2, 0.25) is 5.91 Å². The first-order chi connectivity index (χ1) is 26.7. The monoisotopic (exact) mass is 786 g/mol. The van der Waals surface area contributed by atoms with Gasteiger partial charge in [0.05, 0.1) is 25.4 Å². The van der Waals surface area contributed by atoms with Crippen LogP contribution in [0.2, 0.25) is 0 Å². The van der Waals surface area contributed by atoms with E-state index in [1.54, 1.807) is 0 Å². The normalized spacial score (nSPS) is 22.7. The predicted molar refractivity (Wildman–Crippen MR) is 219 cm³/mol. The van der Waals surface area contributed by atoms with Crippen molar-refractivity contribution < 1.29 is 50.0 Å². The van der Waals surface area contributed by atoms with Gasteiger partial charge in [0.15, 0.2) is 6.29 Å². The van der Waals surface area contributed by atoms with Crippen LogP contribution in [0.5, 0.6) is 0 Å². The van der Waals surface area contributed by atoms with Crippen molar-refractivity contribution in [3.8, 4) is 0 Å². The third kappa shape index (κ3) is 24.9. The number of unbranched alkanes of at least 4 members (excludes halogenated alkanes) is 20. The molecule has 0 aromatic carbocycles. The van der Waals surface area contributed by atoms with Crippen molar-refractivity contribution in [3.05, 3.63) is 24.3 Å². The number of aliphatic hydroxyl groups is 7. The maximum atomic E-state index is 13.0. The third-order valence-corrected chi connectivity index (χ3v) is 10.7. The molecule has 0 spiro atoms. The van der Waals surface area contributed by atoms with Crippen molar-refractivity contribution in [1.29, 1.82) is 0 Å². The predicted octanol–water partition coefficient (Wildman–Crippen LogP) is 6.67. The van der Waals surface area contributed by atoms with Gasteiger partial charge in [-0.1, -0.05) is 141 Å². The van der Waals surface area contributed by atoms with Gasteiger partial charge in [-0.2, -0.15) is 0 Å². The second kappa shape index (κ2) is 34.6. The third-order valence-electron chi connectivity index (χ3n) is 10.7. The van der Waals surface area contributed by atoms with Gasteiger partial charge in [0, 0.05) is 0 Å². The molecule has 0 aliphatic carbocycles. The standard InChI is InChI=1S/C44H83NO10/c1-3-5-7-9-11-13-15-17-18-19-20-22-24-26-28-30-32-37(48)43(53)45-35(34-54-44-42(52)41(51)40(50)38(33-46)55-44)39(49)36(47)31-29-27-25-23-21-16-14-12-10-8-6-4-2/h17-18,23,25,35-42,44,46-52H,3-16,19-22,24,26-34H2,1-2H3,(H,45,53)/b18-17-,25-23+. The molecule has 324 valence electrons. The van der Waals surface area contributed by atoms with E-state index in [-0.39, 0.29) is 12.8 Å². The Labute approximate surface area is 334 Å². The summed E-state index contributed by atoms with van der Waals surface area (Å²) in [6, 6.07) is -1.18. The van der Waals surface area contributed by atoms with E-state index in [1.807, 2.05) is 0 Å². The number of aliphatic hydroxyl groups excluding tert-OH is 7. The van der Waals surface area contributed by atoms with E-state index in [0.29, 0.717) is 12.8 Å². The summed E-state index contributed by atoms with van der Waals surface area (Å²) in [7, 11) is 0. The molecule has 1 fully saturated rings. The lowest BCUT2D eigenvalue weighted by atomic mass is 9.98. The summed E-state index contributed by atoms with van der Waals surface area (Å²) in [5.74, 6) is -0.713. The van der Waals surface area contributed by atoms with E-state index in [2.05, 4.69) is 43.5 Å². The van der Waals surface area contributed by atoms with Crippen LogP contribution in [0.15, 0.2) is 24.3 Å². The van der Waals surface area contributed by atoms with Crippen LogP contribution >= 0.6 is 0 Å². The average molecular weight is 786 g/mol. The molecular formula is C44H83NO10. The lowest BCUT2D eigenvalue weighted by Crippen LogP contribution is -2.60. The Kier molecular flexibility index (Phi) is 32.5. The lowest BCUT2D eigenvalue weighted by Gasteiger charge is -2.40. The summed E-state index contributed by atoms with van der Waals surface area (Å²) in [4.78, 5) is 13.0. The van der Waals surface area contributed by atoms with Gasteiger partial charge >= 0.3 is 0 Å². The Morgan fingerprint density at radius 2 is 1.07 bits per heavy atom. The minimum Gasteiger partial charge on any atom is -0.394 e. The number of allylic oxidation sites excluding steroid dienone is 4. The topological polar surface area (TPSA) is 189 Å². The van der Waals surface area contributed by atoms with Crippen LogP contribution in [-0.2, 0) is 14.3 Å². The molecule has 11 heteroatoms. The van der Waals surface area contributed by atoms with Crippen molar-refractivity contribution in [2.24, 2.45) is 0 Å². The summed E-state index contributed by atoms with van der Waals surface area (Å²) in [5.41, 5.74) is 0. The van der Waals surface area contributed by atoms with Gasteiger partial charge in [-0.05, 0) is 64.2 Å². The highest BCUT2D eigenvalue weighted by Crippen LogP contribution is 2.23. The maximum absolute atomic E-state index is 13.0. The largest absolute Gasteiger partial charge is 0.394 e. The fourth-order valence-corrected chi connectivity index (χ4v) is 6.96. The first-order valence-corrected chi connectivity index (χ1v) is 22.2. The number of rotatable bonds is 36. The molecule has 1 amide bonds. The van der Waals surface area contributed by atoms with Crippen LogP contribution in [0.25, 0.3) is 0 Å². The van der Waals surface area contributed by atoms with Crippen molar-refractivity contribution in [1.82, 2.24) is 5.32 Å². The summed E-state index contributed by atoms with van der Waals surface area (Å²) in [5, 5.41) is 75.4. The molecule has 9 atom stereocenters. The minimum atomic E-state index is -1.67. The number of ether oxygens (including phenoxy) is 2. The van der Waals surface area contributed by atoms with Crippen LogP contribution in [-0.4, -0.2) is 110 Å². The second-order valence-corrected chi connectivity index (χ2v) is 15.8. The van der Waals surface area contributed by atoms with Crippen molar-refractivity contribution in [2.75, 3.05) is 13.2 Å². The molecule has 1 aliphatic heterocycles. The fourth-order valence-electron chi connectivity index (χ4n) is 6.96. The fraction of sp³-hybridized carbons (Fsp3) is 0.886. The van der Waals surface area contributed by atoms with Crippen LogP contribution in [0.4, 0.5) is 0 Å². The molecule has 55 heavy (non-hydrogen) atoms. The highest BCUT2D eigenvalue weighted by molar-refractivity contribution is 5.80. The Morgan fingerprint density at radius 3 is 1.56 bits per heavy atom. The van der Waals surface area contributed by atoms with Crippen LogP contribution < -0.4 is 5.32 Å². The van der Waals surface area contributed by atoms with Gasteiger partial charge in [-0.15, -0.1) is 0 Å². The smallest absolute Gasteiger partial charge is 0.249 e. The molecule has 0 aromatic rings. The Bertz CT molecular complexity index is 950. The molecule has 1 aliphatic rings. The lowest BCUT2D eigenvalue weighted by molar-refractivity contribution is -0.303. The van der Waals surface area contributed by atoms with E-state index < -0.39 is 74.2 Å².